The van der Waals surface area contributed by atoms with Gasteiger partial charge in [-0.1, -0.05) is 70.4 Å². The summed E-state index contributed by atoms with van der Waals surface area (Å²) in [5.41, 5.74) is 0. The van der Waals surface area contributed by atoms with Crippen LogP contribution in [0.5, 0.6) is 0 Å². The third-order valence-electron chi connectivity index (χ3n) is 4.94. The Balaban J connectivity index is 0.00000784. The van der Waals surface area contributed by atoms with Crippen LogP contribution in [0.25, 0.3) is 0 Å². The molecule has 1 aliphatic heterocycles. The molecule has 0 saturated carbocycles. The molecule has 0 aromatic heterocycles. The Kier molecular flexibility index (Phi) is 21.0. The van der Waals surface area contributed by atoms with Gasteiger partial charge in [0.1, 0.15) is 6.10 Å². The Morgan fingerprint density at radius 2 is 1.55 bits per heavy atom. The van der Waals surface area contributed by atoms with Crippen molar-refractivity contribution in [2.45, 2.75) is 109 Å². The number of hydrogen-bond acceptors (Lipinski definition) is 5. The smallest absolute Gasteiger partial charge is 0.756 e. The maximum Gasteiger partial charge on any atom is 1.00 e. The van der Waals surface area contributed by atoms with Crippen LogP contribution in [0, 0.1) is 0 Å². The van der Waals surface area contributed by atoms with Crippen LogP contribution in [-0.4, -0.2) is 30.5 Å². The van der Waals surface area contributed by atoms with E-state index in [0.29, 0.717) is 6.61 Å². The molecule has 0 bridgehead atoms. The number of unbranched alkanes of at least 4 members (excludes halogenated alkanes) is 11. The molecule has 1 unspecified atom stereocenters. The van der Waals surface area contributed by atoms with Crippen LogP contribution < -0.4 is 56.3 Å². The van der Waals surface area contributed by atoms with E-state index in [9.17, 15) is 9.46 Å². The van der Waals surface area contributed by atoms with Gasteiger partial charge in [-0.25, -0.2) is 0 Å². The SMILES string of the molecule is CCCCCCCC/C=C\CCCCCCC[C@H]1OC[C@@H](COP(=O)([O-])O)O1.[K+]. The molecular formula is C21H40KO6P. The molecule has 8 heteroatoms. The molecule has 1 fully saturated rings. The summed E-state index contributed by atoms with van der Waals surface area (Å²) in [6, 6.07) is 0. The molecule has 0 amide bonds. The first-order valence-corrected chi connectivity index (χ1v) is 12.6. The van der Waals surface area contributed by atoms with Gasteiger partial charge in [0.2, 0.25) is 0 Å². The summed E-state index contributed by atoms with van der Waals surface area (Å²) < 4.78 is 25.9. The largest absolute Gasteiger partial charge is 1.00 e. The van der Waals surface area contributed by atoms with E-state index < -0.39 is 13.9 Å². The second-order valence-electron chi connectivity index (χ2n) is 7.66. The Labute approximate surface area is 220 Å². The monoisotopic (exact) mass is 458 g/mol. The fourth-order valence-electron chi connectivity index (χ4n) is 3.31. The molecule has 6 nitrogen and oxygen atoms in total. The normalized spacial score (nSPS) is 21.3. The van der Waals surface area contributed by atoms with Gasteiger partial charge in [0.15, 0.2) is 6.29 Å². The summed E-state index contributed by atoms with van der Waals surface area (Å²) in [5, 5.41) is 0. The van der Waals surface area contributed by atoms with Crippen LogP contribution in [-0.2, 0) is 18.6 Å². The van der Waals surface area contributed by atoms with Crippen LogP contribution >= 0.6 is 7.82 Å². The molecule has 1 rings (SSSR count). The van der Waals surface area contributed by atoms with Crippen LogP contribution in [0.3, 0.4) is 0 Å². The predicted octanol–water partition coefficient (Wildman–Crippen LogP) is 2.25. The number of allylic oxidation sites excluding steroid dienone is 2. The second kappa shape index (κ2) is 20.0. The molecule has 0 spiro atoms. The van der Waals surface area contributed by atoms with Crippen molar-refractivity contribution >= 4 is 7.82 Å². The Bertz CT molecular complexity index is 443. The first-order chi connectivity index (χ1) is 13.5. The van der Waals surface area contributed by atoms with E-state index >= 15 is 0 Å². The molecule has 0 aromatic rings. The van der Waals surface area contributed by atoms with E-state index in [1.54, 1.807) is 0 Å². The molecule has 3 atom stereocenters. The molecule has 166 valence electrons. The average Bonchev–Trinajstić information content (AvgIpc) is 3.10. The Morgan fingerprint density at radius 3 is 2.14 bits per heavy atom. The molecule has 29 heavy (non-hydrogen) atoms. The minimum Gasteiger partial charge on any atom is -0.756 e. The quantitative estimate of drug-likeness (QED) is 0.147. The van der Waals surface area contributed by atoms with Crippen molar-refractivity contribution in [1.29, 1.82) is 0 Å². The minimum absolute atomic E-state index is 0. The summed E-state index contributed by atoms with van der Waals surface area (Å²) >= 11 is 0. The van der Waals surface area contributed by atoms with Crippen LogP contribution in [0.2, 0.25) is 0 Å². The van der Waals surface area contributed by atoms with Crippen LogP contribution in [0.4, 0.5) is 0 Å². The fraction of sp³-hybridized carbons (Fsp3) is 0.905. The van der Waals surface area contributed by atoms with Gasteiger partial charge in [-0.05, 0) is 38.5 Å². The van der Waals surface area contributed by atoms with Gasteiger partial charge in [-0.3, -0.25) is 4.57 Å². The zero-order valence-corrected chi connectivity index (χ0v) is 22.6. The fourth-order valence-corrected chi connectivity index (χ4v) is 3.66. The topological polar surface area (TPSA) is 88.1 Å². The first-order valence-electron chi connectivity index (χ1n) is 11.1. The van der Waals surface area contributed by atoms with Crippen LogP contribution in [0.15, 0.2) is 12.2 Å². The summed E-state index contributed by atoms with van der Waals surface area (Å²) in [6.45, 7) is 2.36. The van der Waals surface area contributed by atoms with E-state index in [-0.39, 0.29) is 64.3 Å². The Morgan fingerprint density at radius 1 is 1.00 bits per heavy atom. The first kappa shape index (κ1) is 30.4. The van der Waals surface area contributed by atoms with Gasteiger partial charge in [-0.2, -0.15) is 0 Å². The predicted molar refractivity (Wildman–Crippen MR) is 110 cm³/mol. The molecule has 1 saturated heterocycles. The maximum atomic E-state index is 10.6. The number of phosphoric ester groups is 1. The zero-order chi connectivity index (χ0) is 20.5. The van der Waals surface area contributed by atoms with Crippen molar-refractivity contribution in [2.75, 3.05) is 13.2 Å². The van der Waals surface area contributed by atoms with E-state index in [0.717, 1.165) is 19.3 Å². The molecule has 0 radical (unpaired) electrons. The van der Waals surface area contributed by atoms with E-state index in [1.807, 2.05) is 0 Å². The number of rotatable bonds is 18. The molecule has 0 aliphatic carbocycles. The van der Waals surface area contributed by atoms with Crippen molar-refractivity contribution in [1.82, 2.24) is 0 Å². The van der Waals surface area contributed by atoms with E-state index in [2.05, 4.69) is 23.6 Å². The second-order valence-corrected chi connectivity index (χ2v) is 8.85. The van der Waals surface area contributed by atoms with Crippen molar-refractivity contribution in [3.63, 3.8) is 0 Å². The summed E-state index contributed by atoms with van der Waals surface area (Å²) in [4.78, 5) is 19.1. The van der Waals surface area contributed by atoms with Gasteiger partial charge < -0.3 is 23.8 Å². The third kappa shape index (κ3) is 19.8. The Hall–Kier alpha value is 1.41. The molecular weight excluding hydrogens is 418 g/mol. The number of ether oxygens (including phenoxy) is 2. The van der Waals surface area contributed by atoms with Crippen molar-refractivity contribution in [3.8, 4) is 0 Å². The molecule has 0 aromatic carbocycles. The average molecular weight is 459 g/mol. The van der Waals surface area contributed by atoms with Gasteiger partial charge >= 0.3 is 51.4 Å². The van der Waals surface area contributed by atoms with Crippen molar-refractivity contribution in [3.05, 3.63) is 12.2 Å². The van der Waals surface area contributed by atoms with Gasteiger partial charge in [0.25, 0.3) is 7.82 Å². The zero-order valence-electron chi connectivity index (χ0n) is 18.6. The summed E-state index contributed by atoms with van der Waals surface area (Å²) in [5.74, 6) is 0. The molecule has 1 N–H and O–H groups in total. The van der Waals surface area contributed by atoms with Gasteiger partial charge in [-0.15, -0.1) is 0 Å². The van der Waals surface area contributed by atoms with E-state index in [4.69, 9.17) is 14.4 Å². The number of phosphoric acid groups is 1. The summed E-state index contributed by atoms with van der Waals surface area (Å²) in [6.07, 6.45) is 21.2. The maximum absolute atomic E-state index is 10.6. The third-order valence-corrected chi connectivity index (χ3v) is 5.41. The van der Waals surface area contributed by atoms with E-state index in [1.165, 1.54) is 70.6 Å². The number of hydrogen-bond donors (Lipinski definition) is 1. The van der Waals surface area contributed by atoms with Crippen molar-refractivity contribution in [2.24, 2.45) is 0 Å². The molecule has 1 aliphatic rings. The minimum atomic E-state index is -4.68. The summed E-state index contributed by atoms with van der Waals surface area (Å²) in [7, 11) is -4.68. The van der Waals surface area contributed by atoms with Crippen molar-refractivity contribution < 1.29 is 79.7 Å². The van der Waals surface area contributed by atoms with Crippen LogP contribution in [0.1, 0.15) is 96.8 Å². The van der Waals surface area contributed by atoms with Gasteiger partial charge in [0, 0.05) is 0 Å². The standard InChI is InChI=1S/C21H41O6P.K/c1-2-3-4-5-6-7-8-9-10-11-12-13-14-15-16-17-21-25-18-20(27-21)19-26-28(22,23)24;/h9-10,20-21H,2-8,11-19H2,1H3,(H2,22,23,24);/q;+1/p-1/b10-9-;/t20-,21-;/m0./s1. The van der Waals surface area contributed by atoms with Gasteiger partial charge in [0.05, 0.1) is 13.2 Å². The molecule has 1 heterocycles.